The number of nitrogens with one attached hydrogen (secondary N) is 1. The van der Waals surface area contributed by atoms with Crippen molar-refractivity contribution in [1.29, 1.82) is 0 Å². The van der Waals surface area contributed by atoms with E-state index in [9.17, 15) is 4.79 Å². The first-order valence-electron chi connectivity index (χ1n) is 8.71. The fourth-order valence-electron chi connectivity index (χ4n) is 2.83. The number of hydrogen-bond donors (Lipinski definition) is 1. The average Bonchev–Trinajstić information content (AvgIpc) is 3.36. The molecule has 0 radical (unpaired) electrons. The summed E-state index contributed by atoms with van der Waals surface area (Å²) in [5.41, 5.74) is 2.39. The van der Waals surface area contributed by atoms with Crippen LogP contribution in [0.2, 0.25) is 5.02 Å². The number of furan rings is 1. The van der Waals surface area contributed by atoms with Crippen LogP contribution in [0.4, 0.5) is 5.95 Å². The zero-order valence-electron chi connectivity index (χ0n) is 15.1. The van der Waals surface area contributed by atoms with Crippen molar-refractivity contribution < 1.29 is 9.21 Å². The van der Waals surface area contributed by atoms with E-state index in [0.29, 0.717) is 34.7 Å². The lowest BCUT2D eigenvalue weighted by atomic mass is 10.1. The maximum atomic E-state index is 13.1. The highest BCUT2D eigenvalue weighted by Gasteiger charge is 2.20. The van der Waals surface area contributed by atoms with Gasteiger partial charge in [-0.15, -0.1) is 5.10 Å². The van der Waals surface area contributed by atoms with E-state index in [0.717, 1.165) is 11.1 Å². The first-order valence-corrected chi connectivity index (χ1v) is 9.09. The molecule has 0 aliphatic heterocycles. The molecule has 4 rings (SSSR count). The molecule has 0 bridgehead atoms. The van der Waals surface area contributed by atoms with Crippen molar-refractivity contribution in [2.24, 2.45) is 0 Å². The van der Waals surface area contributed by atoms with Crippen LogP contribution in [0.15, 0.2) is 71.3 Å². The predicted molar refractivity (Wildman–Crippen MR) is 107 cm³/mol. The number of anilines is 1. The summed E-state index contributed by atoms with van der Waals surface area (Å²) in [4.78, 5) is 17.6. The molecule has 0 fully saturated rings. The van der Waals surface area contributed by atoms with Crippen molar-refractivity contribution in [2.45, 2.75) is 13.5 Å². The van der Waals surface area contributed by atoms with Crippen LogP contribution in [0.3, 0.4) is 0 Å². The van der Waals surface area contributed by atoms with E-state index in [-0.39, 0.29) is 5.91 Å². The second-order valence-electron chi connectivity index (χ2n) is 6.25. The van der Waals surface area contributed by atoms with E-state index < -0.39 is 0 Å². The van der Waals surface area contributed by atoms with Crippen LogP contribution in [0.5, 0.6) is 0 Å². The van der Waals surface area contributed by atoms with Crippen LogP contribution in [0, 0.1) is 6.92 Å². The van der Waals surface area contributed by atoms with Crippen LogP contribution >= 0.6 is 11.6 Å². The molecular formula is C21H17ClN4O2. The van der Waals surface area contributed by atoms with Crippen molar-refractivity contribution in [3.05, 3.63) is 88.6 Å². The third kappa shape index (κ3) is 3.68. The van der Waals surface area contributed by atoms with E-state index in [1.165, 1.54) is 10.9 Å². The fourth-order valence-corrected chi connectivity index (χ4v) is 3.05. The molecule has 2 aromatic heterocycles. The molecule has 2 aromatic carbocycles. The minimum atomic E-state index is -0.267. The van der Waals surface area contributed by atoms with Gasteiger partial charge in [-0.1, -0.05) is 41.9 Å². The van der Waals surface area contributed by atoms with Gasteiger partial charge in [-0.2, -0.15) is 9.67 Å². The molecule has 0 spiro atoms. The maximum Gasteiger partial charge on any atom is 0.281 e. The van der Waals surface area contributed by atoms with Gasteiger partial charge in [-0.05, 0) is 48.4 Å². The van der Waals surface area contributed by atoms with Gasteiger partial charge in [0.15, 0.2) is 5.76 Å². The lowest BCUT2D eigenvalue weighted by Gasteiger charge is -2.09. The lowest BCUT2D eigenvalue weighted by molar-refractivity contribution is 0.0947. The Morgan fingerprint density at radius 3 is 2.75 bits per heavy atom. The Morgan fingerprint density at radius 1 is 1.14 bits per heavy atom. The molecule has 7 heteroatoms. The van der Waals surface area contributed by atoms with Gasteiger partial charge >= 0.3 is 0 Å². The Labute approximate surface area is 166 Å². The second-order valence-corrected chi connectivity index (χ2v) is 6.69. The third-order valence-corrected chi connectivity index (χ3v) is 4.49. The standard InChI is InChI=1S/C21H17ClN4O2/c1-14-6-2-3-9-17(14)20(27)26-21(23-13-15-7-4-8-16(22)12-15)24-19(25-26)18-10-5-11-28-18/h2-12H,13H2,1H3,(H,23,24,25). The smallest absolute Gasteiger partial charge is 0.281 e. The van der Waals surface area contributed by atoms with Gasteiger partial charge in [0.25, 0.3) is 5.91 Å². The van der Waals surface area contributed by atoms with E-state index in [4.69, 9.17) is 16.0 Å². The van der Waals surface area contributed by atoms with Crippen molar-refractivity contribution in [1.82, 2.24) is 14.8 Å². The van der Waals surface area contributed by atoms with Crippen molar-refractivity contribution >= 4 is 23.5 Å². The van der Waals surface area contributed by atoms with Gasteiger partial charge in [-0.3, -0.25) is 4.79 Å². The summed E-state index contributed by atoms with van der Waals surface area (Å²) in [6, 6.07) is 18.3. The molecule has 140 valence electrons. The van der Waals surface area contributed by atoms with E-state index in [1.54, 1.807) is 18.2 Å². The molecule has 0 aliphatic carbocycles. The minimum Gasteiger partial charge on any atom is -0.461 e. The van der Waals surface area contributed by atoms with Gasteiger partial charge in [0.2, 0.25) is 11.8 Å². The summed E-state index contributed by atoms with van der Waals surface area (Å²) in [5, 5.41) is 8.20. The Balaban J connectivity index is 1.69. The van der Waals surface area contributed by atoms with Crippen LogP contribution in [-0.4, -0.2) is 20.7 Å². The number of halogens is 1. The van der Waals surface area contributed by atoms with Gasteiger partial charge in [-0.25, -0.2) is 0 Å². The largest absolute Gasteiger partial charge is 0.461 e. The van der Waals surface area contributed by atoms with Crippen molar-refractivity contribution in [2.75, 3.05) is 5.32 Å². The van der Waals surface area contributed by atoms with Crippen molar-refractivity contribution in [3.63, 3.8) is 0 Å². The van der Waals surface area contributed by atoms with Gasteiger partial charge in [0.05, 0.1) is 6.26 Å². The number of rotatable bonds is 5. The number of aryl methyl sites for hydroxylation is 1. The molecule has 1 N–H and O–H groups in total. The van der Waals surface area contributed by atoms with E-state index in [1.807, 2.05) is 49.4 Å². The molecular weight excluding hydrogens is 376 g/mol. The molecule has 6 nitrogen and oxygen atoms in total. The quantitative estimate of drug-likeness (QED) is 0.528. The summed E-state index contributed by atoms with van der Waals surface area (Å²) in [6.45, 7) is 2.33. The molecule has 4 aromatic rings. The number of benzene rings is 2. The molecule has 0 amide bonds. The first kappa shape index (κ1) is 18.0. The average molecular weight is 393 g/mol. The lowest BCUT2D eigenvalue weighted by Crippen LogP contribution is -2.18. The summed E-state index contributed by atoms with van der Waals surface area (Å²) in [7, 11) is 0. The zero-order chi connectivity index (χ0) is 19.5. The van der Waals surface area contributed by atoms with Crippen LogP contribution in [0.1, 0.15) is 21.5 Å². The highest BCUT2D eigenvalue weighted by atomic mass is 35.5. The number of hydrogen-bond acceptors (Lipinski definition) is 5. The number of aromatic nitrogens is 3. The first-order chi connectivity index (χ1) is 13.6. The summed E-state index contributed by atoms with van der Waals surface area (Å²) < 4.78 is 6.65. The van der Waals surface area contributed by atoms with E-state index >= 15 is 0 Å². The second kappa shape index (κ2) is 7.70. The maximum absolute atomic E-state index is 13.1. The summed E-state index contributed by atoms with van der Waals surface area (Å²) >= 11 is 6.05. The third-order valence-electron chi connectivity index (χ3n) is 4.26. The van der Waals surface area contributed by atoms with Gasteiger partial charge < -0.3 is 9.73 Å². The van der Waals surface area contributed by atoms with Crippen LogP contribution in [0.25, 0.3) is 11.6 Å². The molecule has 0 saturated heterocycles. The number of nitrogens with zero attached hydrogens (tertiary/aromatic N) is 3. The summed E-state index contributed by atoms with van der Waals surface area (Å²) in [5.74, 6) is 0.888. The topological polar surface area (TPSA) is 73.0 Å². The monoisotopic (exact) mass is 392 g/mol. The fraction of sp³-hybridized carbons (Fsp3) is 0.0952. The Morgan fingerprint density at radius 2 is 2.00 bits per heavy atom. The Kier molecular flexibility index (Phi) is 4.95. The predicted octanol–water partition coefficient (Wildman–Crippen LogP) is 4.80. The molecule has 0 unspecified atom stereocenters. The number of carbonyl (C=O) groups excluding carboxylic acids is 1. The van der Waals surface area contributed by atoms with E-state index in [2.05, 4.69) is 15.4 Å². The minimum absolute atomic E-state index is 0.267. The molecule has 0 atom stereocenters. The zero-order valence-corrected chi connectivity index (χ0v) is 15.8. The molecule has 2 heterocycles. The molecule has 0 saturated carbocycles. The highest BCUT2D eigenvalue weighted by Crippen LogP contribution is 2.21. The summed E-state index contributed by atoms with van der Waals surface area (Å²) in [6.07, 6.45) is 1.54. The van der Waals surface area contributed by atoms with Crippen LogP contribution in [-0.2, 0) is 6.54 Å². The number of carbonyl (C=O) groups is 1. The highest BCUT2D eigenvalue weighted by molar-refractivity contribution is 6.30. The normalized spacial score (nSPS) is 10.8. The van der Waals surface area contributed by atoms with Gasteiger partial charge in [0, 0.05) is 17.1 Å². The Hall–Kier alpha value is -3.38. The SMILES string of the molecule is Cc1ccccc1C(=O)n1nc(-c2ccco2)nc1NCc1cccc(Cl)c1. The Bertz CT molecular complexity index is 1120. The van der Waals surface area contributed by atoms with Crippen LogP contribution < -0.4 is 5.32 Å². The van der Waals surface area contributed by atoms with Crippen molar-refractivity contribution in [3.8, 4) is 11.6 Å². The molecule has 0 aliphatic rings. The molecule has 28 heavy (non-hydrogen) atoms. The van der Waals surface area contributed by atoms with Gasteiger partial charge in [0.1, 0.15) is 0 Å².